The molecule has 0 aliphatic rings. The summed E-state index contributed by atoms with van der Waals surface area (Å²) in [4.78, 5) is 4.08. The monoisotopic (exact) mass is 180 g/mol. The molecule has 0 unspecified atom stereocenters. The molecule has 0 bridgehead atoms. The number of nitrogens with two attached hydrogens (primary N) is 1. The Hall–Kier alpha value is -1.09. The van der Waals surface area contributed by atoms with Crippen molar-refractivity contribution < 1.29 is 4.74 Å². The first-order valence-corrected chi connectivity index (χ1v) is 4.63. The van der Waals surface area contributed by atoms with Crippen LogP contribution < -0.4 is 10.5 Å². The van der Waals surface area contributed by atoms with Gasteiger partial charge < -0.3 is 10.5 Å². The molecule has 1 aromatic heterocycles. The van der Waals surface area contributed by atoms with Gasteiger partial charge in [-0.1, -0.05) is 6.92 Å². The van der Waals surface area contributed by atoms with Crippen molar-refractivity contribution in [3.05, 3.63) is 24.0 Å². The Morgan fingerprint density at radius 2 is 2.31 bits per heavy atom. The zero-order chi connectivity index (χ0) is 9.52. The molecule has 13 heavy (non-hydrogen) atoms. The van der Waals surface area contributed by atoms with Crippen LogP contribution in [0.5, 0.6) is 5.75 Å². The second-order valence-electron chi connectivity index (χ2n) is 2.92. The van der Waals surface area contributed by atoms with E-state index in [0.717, 1.165) is 30.8 Å². The van der Waals surface area contributed by atoms with Gasteiger partial charge >= 0.3 is 0 Å². The van der Waals surface area contributed by atoms with E-state index in [1.165, 1.54) is 0 Å². The van der Waals surface area contributed by atoms with Gasteiger partial charge in [0.15, 0.2) is 0 Å². The molecule has 0 radical (unpaired) electrons. The van der Waals surface area contributed by atoms with Crippen LogP contribution in [0.15, 0.2) is 18.5 Å². The lowest BCUT2D eigenvalue weighted by molar-refractivity contribution is 0.316. The van der Waals surface area contributed by atoms with E-state index in [1.54, 1.807) is 6.20 Å². The minimum absolute atomic E-state index is 0.652. The molecule has 2 N–H and O–H groups in total. The van der Waals surface area contributed by atoms with E-state index in [-0.39, 0.29) is 0 Å². The Morgan fingerprint density at radius 1 is 1.46 bits per heavy atom. The summed E-state index contributed by atoms with van der Waals surface area (Å²) in [5, 5.41) is 0. The van der Waals surface area contributed by atoms with Gasteiger partial charge in [0.05, 0.1) is 12.8 Å². The number of rotatable bonds is 5. The average molecular weight is 180 g/mol. The van der Waals surface area contributed by atoms with Crippen LogP contribution in [0.1, 0.15) is 18.9 Å². The van der Waals surface area contributed by atoms with Crippen LogP contribution in [0.4, 0.5) is 0 Å². The molecule has 3 heteroatoms. The molecule has 0 aromatic carbocycles. The summed E-state index contributed by atoms with van der Waals surface area (Å²) in [6.07, 6.45) is 5.43. The summed E-state index contributed by atoms with van der Waals surface area (Å²) in [7, 11) is 0. The molecule has 0 aliphatic carbocycles. The third-order valence-electron chi connectivity index (χ3n) is 1.68. The molecule has 1 heterocycles. The fourth-order valence-electron chi connectivity index (χ4n) is 1.07. The normalized spacial score (nSPS) is 10.0. The Balaban J connectivity index is 2.56. The van der Waals surface area contributed by atoms with Crippen molar-refractivity contribution in [2.24, 2.45) is 5.73 Å². The van der Waals surface area contributed by atoms with Gasteiger partial charge in [-0.05, 0) is 31.0 Å². The lowest BCUT2D eigenvalue weighted by Gasteiger charge is -2.05. The number of pyridine rings is 1. The highest BCUT2D eigenvalue weighted by Gasteiger charge is 1.96. The van der Waals surface area contributed by atoms with Crippen molar-refractivity contribution in [2.75, 3.05) is 13.2 Å². The molecule has 0 amide bonds. The quantitative estimate of drug-likeness (QED) is 0.744. The van der Waals surface area contributed by atoms with Crippen molar-refractivity contribution >= 4 is 0 Å². The fraction of sp³-hybridized carbons (Fsp3) is 0.500. The van der Waals surface area contributed by atoms with Crippen LogP contribution in [-0.2, 0) is 6.42 Å². The number of aromatic nitrogens is 1. The molecular weight excluding hydrogens is 164 g/mol. The third-order valence-corrected chi connectivity index (χ3v) is 1.68. The third kappa shape index (κ3) is 3.42. The number of hydrogen-bond acceptors (Lipinski definition) is 3. The first-order valence-electron chi connectivity index (χ1n) is 4.63. The van der Waals surface area contributed by atoms with Crippen LogP contribution in [-0.4, -0.2) is 18.1 Å². The van der Waals surface area contributed by atoms with E-state index in [0.29, 0.717) is 6.54 Å². The van der Waals surface area contributed by atoms with Crippen LogP contribution in [0.25, 0.3) is 0 Å². The van der Waals surface area contributed by atoms with Crippen LogP contribution in [0.2, 0.25) is 0 Å². The van der Waals surface area contributed by atoms with Gasteiger partial charge in [0.25, 0.3) is 0 Å². The Kier molecular flexibility index (Phi) is 4.26. The molecule has 72 valence electrons. The molecular formula is C10H16N2O. The first kappa shape index (κ1) is 9.99. The maximum atomic E-state index is 5.44. The second kappa shape index (κ2) is 5.54. The molecule has 0 saturated heterocycles. The minimum atomic E-state index is 0.652. The smallest absolute Gasteiger partial charge is 0.137 e. The second-order valence-corrected chi connectivity index (χ2v) is 2.92. The fourth-order valence-corrected chi connectivity index (χ4v) is 1.07. The van der Waals surface area contributed by atoms with Gasteiger partial charge in [-0.25, -0.2) is 0 Å². The maximum Gasteiger partial charge on any atom is 0.137 e. The Labute approximate surface area is 78.9 Å². The SMILES string of the molecule is CCCOc1cncc(CCN)c1. The molecule has 1 rings (SSSR count). The van der Waals surface area contributed by atoms with Crippen molar-refractivity contribution in [1.29, 1.82) is 0 Å². The Bertz CT molecular complexity index is 250. The zero-order valence-electron chi connectivity index (χ0n) is 7.99. The number of ether oxygens (including phenoxy) is 1. The van der Waals surface area contributed by atoms with E-state index in [9.17, 15) is 0 Å². The predicted molar refractivity (Wildman–Crippen MR) is 52.8 cm³/mol. The summed E-state index contributed by atoms with van der Waals surface area (Å²) >= 11 is 0. The average Bonchev–Trinajstić information content (AvgIpc) is 2.16. The van der Waals surface area contributed by atoms with Crippen molar-refractivity contribution in [1.82, 2.24) is 4.98 Å². The maximum absolute atomic E-state index is 5.44. The van der Waals surface area contributed by atoms with E-state index in [1.807, 2.05) is 12.3 Å². The highest BCUT2D eigenvalue weighted by Crippen LogP contribution is 2.11. The molecule has 3 nitrogen and oxygen atoms in total. The summed E-state index contributed by atoms with van der Waals surface area (Å²) < 4.78 is 5.44. The zero-order valence-corrected chi connectivity index (χ0v) is 7.99. The van der Waals surface area contributed by atoms with Crippen LogP contribution in [0.3, 0.4) is 0 Å². The van der Waals surface area contributed by atoms with E-state index in [2.05, 4.69) is 11.9 Å². The number of hydrogen-bond donors (Lipinski definition) is 1. The largest absolute Gasteiger partial charge is 0.492 e. The van der Waals surface area contributed by atoms with Crippen LogP contribution >= 0.6 is 0 Å². The van der Waals surface area contributed by atoms with E-state index >= 15 is 0 Å². The van der Waals surface area contributed by atoms with Gasteiger partial charge in [0, 0.05) is 6.20 Å². The summed E-state index contributed by atoms with van der Waals surface area (Å²) in [5.41, 5.74) is 6.58. The predicted octanol–water partition coefficient (Wildman–Crippen LogP) is 1.37. The van der Waals surface area contributed by atoms with Gasteiger partial charge in [-0.2, -0.15) is 0 Å². The minimum Gasteiger partial charge on any atom is -0.492 e. The first-order chi connectivity index (χ1) is 6.36. The topological polar surface area (TPSA) is 48.1 Å². The molecule has 0 aliphatic heterocycles. The summed E-state index contributed by atoms with van der Waals surface area (Å²) in [6, 6.07) is 2.00. The summed E-state index contributed by atoms with van der Waals surface area (Å²) in [5.74, 6) is 0.841. The van der Waals surface area contributed by atoms with Crippen LogP contribution in [0, 0.1) is 0 Å². The highest BCUT2D eigenvalue weighted by atomic mass is 16.5. The van der Waals surface area contributed by atoms with Gasteiger partial charge in [0.1, 0.15) is 5.75 Å². The molecule has 0 saturated carbocycles. The van der Waals surface area contributed by atoms with Gasteiger partial charge in [-0.15, -0.1) is 0 Å². The standard InChI is InChI=1S/C10H16N2O/c1-2-5-13-10-6-9(3-4-11)7-12-8-10/h6-8H,2-5,11H2,1H3. The Morgan fingerprint density at radius 3 is 3.00 bits per heavy atom. The summed E-state index contributed by atoms with van der Waals surface area (Å²) in [6.45, 7) is 3.48. The molecule has 0 atom stereocenters. The molecule has 0 spiro atoms. The van der Waals surface area contributed by atoms with Crippen molar-refractivity contribution in [3.63, 3.8) is 0 Å². The highest BCUT2D eigenvalue weighted by molar-refractivity contribution is 5.23. The van der Waals surface area contributed by atoms with Gasteiger partial charge in [-0.3, -0.25) is 4.98 Å². The van der Waals surface area contributed by atoms with Crippen molar-refractivity contribution in [2.45, 2.75) is 19.8 Å². The van der Waals surface area contributed by atoms with E-state index < -0.39 is 0 Å². The number of nitrogens with zero attached hydrogens (tertiary/aromatic N) is 1. The van der Waals surface area contributed by atoms with Crippen molar-refractivity contribution in [3.8, 4) is 5.75 Å². The molecule has 1 aromatic rings. The van der Waals surface area contributed by atoms with E-state index in [4.69, 9.17) is 10.5 Å². The lowest BCUT2D eigenvalue weighted by Crippen LogP contribution is -2.03. The van der Waals surface area contributed by atoms with Gasteiger partial charge in [0.2, 0.25) is 0 Å². The lowest BCUT2D eigenvalue weighted by atomic mass is 10.2. The molecule has 0 fully saturated rings.